The highest BCUT2D eigenvalue weighted by Gasteiger charge is 2.28. The summed E-state index contributed by atoms with van der Waals surface area (Å²) in [5, 5.41) is 10.8. The normalized spacial score (nSPS) is 14.6. The summed E-state index contributed by atoms with van der Waals surface area (Å²) < 4.78 is 10.6. The summed E-state index contributed by atoms with van der Waals surface area (Å²) in [5.74, 6) is 1.97. The zero-order valence-electron chi connectivity index (χ0n) is 16.5. The molecule has 0 radical (unpaired) electrons. The first kappa shape index (κ1) is 23.2. The van der Waals surface area contributed by atoms with Crippen LogP contribution in [0.25, 0.3) is 0 Å². The quantitative estimate of drug-likeness (QED) is 0.289. The van der Waals surface area contributed by atoms with Crippen LogP contribution in [0.3, 0.4) is 0 Å². The molecule has 150 valence electrons. The highest BCUT2D eigenvalue weighted by atomic mass is 127. The number of methoxy groups -OCH3 is 1. The Hall–Kier alpha value is -0.870. The van der Waals surface area contributed by atoms with Gasteiger partial charge in [0.2, 0.25) is 0 Å². The topological polar surface area (TPSA) is 74.9 Å². The fourth-order valence-electron chi connectivity index (χ4n) is 2.62. The molecule has 0 aliphatic heterocycles. The molecule has 1 fully saturated rings. The SMILES string of the molecule is CCNC(=NCc1cc(C(C)C)no1)NCCN(CCOC)C1CC1.I. The Kier molecular flexibility index (Phi) is 11.1. The van der Waals surface area contributed by atoms with Gasteiger partial charge in [-0.2, -0.15) is 0 Å². The van der Waals surface area contributed by atoms with E-state index in [2.05, 4.69) is 46.5 Å². The zero-order chi connectivity index (χ0) is 18.1. The number of rotatable bonds is 11. The number of aliphatic imine (C=N–C) groups is 1. The van der Waals surface area contributed by atoms with E-state index in [1.165, 1.54) is 12.8 Å². The lowest BCUT2D eigenvalue weighted by atomic mass is 10.1. The van der Waals surface area contributed by atoms with E-state index >= 15 is 0 Å². The van der Waals surface area contributed by atoms with E-state index in [4.69, 9.17) is 9.26 Å². The molecule has 0 aromatic carbocycles. The van der Waals surface area contributed by atoms with E-state index in [0.29, 0.717) is 12.5 Å². The van der Waals surface area contributed by atoms with Crippen molar-refractivity contribution in [1.29, 1.82) is 0 Å². The van der Waals surface area contributed by atoms with E-state index < -0.39 is 0 Å². The summed E-state index contributed by atoms with van der Waals surface area (Å²) in [4.78, 5) is 7.08. The smallest absolute Gasteiger partial charge is 0.191 e. The third kappa shape index (κ3) is 8.22. The average Bonchev–Trinajstić information content (AvgIpc) is 3.32. The van der Waals surface area contributed by atoms with Gasteiger partial charge in [-0.05, 0) is 25.7 Å². The van der Waals surface area contributed by atoms with Crippen LogP contribution in [0.15, 0.2) is 15.6 Å². The minimum absolute atomic E-state index is 0. The molecule has 0 unspecified atom stereocenters. The maximum atomic E-state index is 5.35. The predicted octanol–water partition coefficient (Wildman–Crippen LogP) is 2.58. The van der Waals surface area contributed by atoms with Gasteiger partial charge in [-0.3, -0.25) is 4.90 Å². The van der Waals surface area contributed by atoms with Crippen LogP contribution in [0.5, 0.6) is 0 Å². The second kappa shape index (κ2) is 12.5. The molecule has 2 N–H and O–H groups in total. The minimum atomic E-state index is 0. The first-order chi connectivity index (χ1) is 12.1. The first-order valence-corrected chi connectivity index (χ1v) is 9.34. The second-order valence-corrected chi connectivity index (χ2v) is 6.75. The Bertz CT molecular complexity index is 531. The van der Waals surface area contributed by atoms with Crippen molar-refractivity contribution in [1.82, 2.24) is 20.7 Å². The monoisotopic (exact) mass is 479 g/mol. The summed E-state index contributed by atoms with van der Waals surface area (Å²) >= 11 is 0. The molecule has 0 bridgehead atoms. The molecule has 2 rings (SSSR count). The third-order valence-corrected chi connectivity index (χ3v) is 4.24. The van der Waals surface area contributed by atoms with Crippen LogP contribution >= 0.6 is 24.0 Å². The lowest BCUT2D eigenvalue weighted by Gasteiger charge is -2.22. The van der Waals surface area contributed by atoms with Crippen molar-refractivity contribution in [3.8, 4) is 0 Å². The fourth-order valence-corrected chi connectivity index (χ4v) is 2.62. The summed E-state index contributed by atoms with van der Waals surface area (Å²) in [6.07, 6.45) is 2.61. The molecule has 1 aromatic heterocycles. The molecule has 0 amide bonds. The molecular formula is C18H34IN5O2. The lowest BCUT2D eigenvalue weighted by Crippen LogP contribution is -2.42. The number of aromatic nitrogens is 1. The molecule has 1 aromatic rings. The summed E-state index contributed by atoms with van der Waals surface area (Å²) in [7, 11) is 1.76. The Morgan fingerprint density at radius 3 is 2.73 bits per heavy atom. The summed E-state index contributed by atoms with van der Waals surface area (Å²) in [6, 6.07) is 2.72. The molecule has 7 nitrogen and oxygen atoms in total. The number of ether oxygens (including phenoxy) is 1. The lowest BCUT2D eigenvalue weighted by molar-refractivity contribution is 0.144. The van der Waals surface area contributed by atoms with Crippen LogP contribution in [0, 0.1) is 0 Å². The van der Waals surface area contributed by atoms with E-state index in [0.717, 1.165) is 56.2 Å². The average molecular weight is 479 g/mol. The molecule has 0 saturated heterocycles. The van der Waals surface area contributed by atoms with Crippen LogP contribution in [0.2, 0.25) is 0 Å². The standard InChI is InChI=1S/C18H33N5O2.HI/c1-5-19-18(21-13-16-12-17(14(2)3)22-25-16)20-8-9-23(10-11-24-4)15-6-7-15;/h12,14-15H,5-11,13H2,1-4H3,(H2,19,20,21);1H. The van der Waals surface area contributed by atoms with Gasteiger partial charge in [0.25, 0.3) is 0 Å². The highest BCUT2D eigenvalue weighted by molar-refractivity contribution is 14.0. The van der Waals surface area contributed by atoms with Gasteiger partial charge < -0.3 is 19.9 Å². The van der Waals surface area contributed by atoms with E-state index in [-0.39, 0.29) is 24.0 Å². The van der Waals surface area contributed by atoms with Crippen LogP contribution in [-0.4, -0.2) is 62.0 Å². The molecule has 26 heavy (non-hydrogen) atoms. The Balaban J connectivity index is 0.00000338. The minimum Gasteiger partial charge on any atom is -0.383 e. The fraction of sp³-hybridized carbons (Fsp3) is 0.778. The molecular weight excluding hydrogens is 445 g/mol. The van der Waals surface area contributed by atoms with Gasteiger partial charge in [0.15, 0.2) is 11.7 Å². The molecule has 0 atom stereocenters. The molecule has 1 heterocycles. The summed E-state index contributed by atoms with van der Waals surface area (Å²) in [5.41, 5.74) is 0.973. The van der Waals surface area contributed by atoms with Crippen molar-refractivity contribution in [2.24, 2.45) is 4.99 Å². The molecule has 8 heteroatoms. The molecule has 1 saturated carbocycles. The number of halogens is 1. The van der Waals surface area contributed by atoms with Crippen LogP contribution in [-0.2, 0) is 11.3 Å². The number of hydrogen-bond donors (Lipinski definition) is 2. The van der Waals surface area contributed by atoms with Gasteiger partial charge in [0.1, 0.15) is 6.54 Å². The van der Waals surface area contributed by atoms with Gasteiger partial charge in [0, 0.05) is 45.4 Å². The van der Waals surface area contributed by atoms with Crippen molar-refractivity contribution in [3.63, 3.8) is 0 Å². The van der Waals surface area contributed by atoms with Crippen LogP contribution in [0.1, 0.15) is 51.0 Å². The van der Waals surface area contributed by atoms with Gasteiger partial charge in [0.05, 0.1) is 12.3 Å². The van der Waals surface area contributed by atoms with Crippen molar-refractivity contribution < 1.29 is 9.26 Å². The highest BCUT2D eigenvalue weighted by Crippen LogP contribution is 2.25. The molecule has 0 spiro atoms. The van der Waals surface area contributed by atoms with Gasteiger partial charge in [-0.25, -0.2) is 4.99 Å². The van der Waals surface area contributed by atoms with Gasteiger partial charge in [-0.1, -0.05) is 19.0 Å². The van der Waals surface area contributed by atoms with Gasteiger partial charge in [-0.15, -0.1) is 24.0 Å². The second-order valence-electron chi connectivity index (χ2n) is 6.75. The maximum absolute atomic E-state index is 5.35. The molecule has 1 aliphatic rings. The Labute approximate surface area is 174 Å². The predicted molar refractivity (Wildman–Crippen MR) is 115 cm³/mol. The van der Waals surface area contributed by atoms with Crippen molar-refractivity contribution >= 4 is 29.9 Å². The van der Waals surface area contributed by atoms with E-state index in [1.54, 1.807) is 7.11 Å². The Morgan fingerprint density at radius 1 is 1.38 bits per heavy atom. The maximum Gasteiger partial charge on any atom is 0.191 e. The van der Waals surface area contributed by atoms with Crippen molar-refractivity contribution in [3.05, 3.63) is 17.5 Å². The van der Waals surface area contributed by atoms with Crippen molar-refractivity contribution in [2.45, 2.75) is 52.1 Å². The van der Waals surface area contributed by atoms with Crippen LogP contribution < -0.4 is 10.6 Å². The zero-order valence-corrected chi connectivity index (χ0v) is 18.8. The Morgan fingerprint density at radius 2 is 2.15 bits per heavy atom. The van der Waals surface area contributed by atoms with Crippen LogP contribution in [0.4, 0.5) is 0 Å². The largest absolute Gasteiger partial charge is 0.383 e. The van der Waals surface area contributed by atoms with E-state index in [9.17, 15) is 0 Å². The molecule has 1 aliphatic carbocycles. The van der Waals surface area contributed by atoms with E-state index in [1.807, 2.05) is 6.07 Å². The number of guanidine groups is 1. The number of nitrogens with one attached hydrogen (secondary N) is 2. The number of nitrogens with zero attached hydrogens (tertiary/aromatic N) is 3. The van der Waals surface area contributed by atoms with Gasteiger partial charge >= 0.3 is 0 Å². The number of hydrogen-bond acceptors (Lipinski definition) is 5. The van der Waals surface area contributed by atoms with Crippen molar-refractivity contribution in [2.75, 3.05) is 39.9 Å². The third-order valence-electron chi connectivity index (χ3n) is 4.24. The first-order valence-electron chi connectivity index (χ1n) is 9.34. The summed E-state index contributed by atoms with van der Waals surface area (Å²) in [6.45, 7) is 11.2.